The normalized spacial score (nSPS) is 12.3. The minimum Gasteiger partial charge on any atom is -0.480 e. The van der Waals surface area contributed by atoms with Gasteiger partial charge in [0.2, 0.25) is 0 Å². The molecule has 6 nitrogen and oxygen atoms in total. The van der Waals surface area contributed by atoms with E-state index in [2.05, 4.69) is 22.9 Å². The van der Waals surface area contributed by atoms with Crippen LogP contribution in [0.4, 0.5) is 0 Å². The molecule has 1 aromatic heterocycles. The molecule has 0 aliphatic rings. The van der Waals surface area contributed by atoms with E-state index in [0.717, 1.165) is 0 Å². The van der Waals surface area contributed by atoms with Crippen LogP contribution in [0.2, 0.25) is 0 Å². The molecule has 1 aromatic carbocycles. The summed E-state index contributed by atoms with van der Waals surface area (Å²) in [4.78, 5) is 26.5. The van der Waals surface area contributed by atoms with Gasteiger partial charge in [0.15, 0.2) is 12.0 Å². The van der Waals surface area contributed by atoms with Gasteiger partial charge in [0.05, 0.1) is 0 Å². The van der Waals surface area contributed by atoms with E-state index >= 15 is 0 Å². The Morgan fingerprint density at radius 3 is 2.94 bits per heavy atom. The average Bonchev–Trinajstić information content (AvgIpc) is 2.82. The summed E-state index contributed by atoms with van der Waals surface area (Å²) in [5.74, 6) is -1.59. The van der Waals surface area contributed by atoms with Gasteiger partial charge < -0.3 is 14.8 Å². The molecule has 1 heterocycles. The maximum Gasteiger partial charge on any atom is 0.327 e. The van der Waals surface area contributed by atoms with Crippen LogP contribution in [0.1, 0.15) is 10.4 Å². The number of amides is 1. The third-order valence-corrected chi connectivity index (χ3v) is 2.74. The lowest BCUT2D eigenvalue weighted by atomic mass is 10.2. The summed E-state index contributed by atoms with van der Waals surface area (Å²) in [6.45, 7) is 0. The number of benzene rings is 1. The van der Waals surface area contributed by atoms with Gasteiger partial charge >= 0.3 is 5.97 Å². The van der Waals surface area contributed by atoms with Crippen molar-refractivity contribution in [1.82, 2.24) is 10.3 Å². The van der Waals surface area contributed by atoms with Crippen molar-refractivity contribution in [2.45, 2.75) is 6.04 Å². The standard InChI is InChI=1S/C11H10N2O4S/c14-10(13-8(4-18)11(15)16)6-1-2-9-7(3-6)12-5-17-9/h1-3,5,8,18H,4H2,(H,13,14)(H,15,16). The van der Waals surface area contributed by atoms with Crippen molar-refractivity contribution in [1.29, 1.82) is 0 Å². The molecule has 0 fully saturated rings. The van der Waals surface area contributed by atoms with Crippen molar-refractivity contribution in [3.05, 3.63) is 30.2 Å². The fourth-order valence-corrected chi connectivity index (χ4v) is 1.67. The number of thiol groups is 1. The molecule has 0 aliphatic carbocycles. The molecule has 1 unspecified atom stereocenters. The van der Waals surface area contributed by atoms with E-state index < -0.39 is 17.9 Å². The Morgan fingerprint density at radius 2 is 2.28 bits per heavy atom. The van der Waals surface area contributed by atoms with E-state index in [0.29, 0.717) is 16.7 Å². The molecular weight excluding hydrogens is 256 g/mol. The smallest absolute Gasteiger partial charge is 0.327 e. The third-order valence-electron chi connectivity index (χ3n) is 2.38. The minimum atomic E-state index is -1.12. The van der Waals surface area contributed by atoms with Crippen molar-refractivity contribution in [2.24, 2.45) is 0 Å². The molecule has 94 valence electrons. The van der Waals surface area contributed by atoms with Gasteiger partial charge in [0, 0.05) is 11.3 Å². The number of carboxylic acid groups (broad SMARTS) is 1. The minimum absolute atomic E-state index is 0.0211. The third kappa shape index (κ3) is 2.45. The first-order valence-corrected chi connectivity index (χ1v) is 5.73. The van der Waals surface area contributed by atoms with Crippen molar-refractivity contribution >= 4 is 35.6 Å². The molecule has 0 spiro atoms. The summed E-state index contributed by atoms with van der Waals surface area (Å²) < 4.78 is 5.04. The van der Waals surface area contributed by atoms with Gasteiger partial charge in [-0.15, -0.1) is 0 Å². The van der Waals surface area contributed by atoms with Gasteiger partial charge in [-0.25, -0.2) is 9.78 Å². The highest BCUT2D eigenvalue weighted by Gasteiger charge is 2.19. The predicted molar refractivity (Wildman–Crippen MR) is 66.8 cm³/mol. The number of hydrogen-bond acceptors (Lipinski definition) is 5. The van der Waals surface area contributed by atoms with Crippen LogP contribution in [-0.4, -0.2) is 33.8 Å². The zero-order valence-electron chi connectivity index (χ0n) is 9.16. The molecule has 1 atom stereocenters. The summed E-state index contributed by atoms with van der Waals surface area (Å²) in [6, 6.07) is 3.66. The van der Waals surface area contributed by atoms with E-state index in [4.69, 9.17) is 9.52 Å². The highest BCUT2D eigenvalue weighted by Crippen LogP contribution is 2.14. The Labute approximate surface area is 107 Å². The first-order chi connectivity index (χ1) is 8.61. The molecule has 0 bridgehead atoms. The van der Waals surface area contributed by atoms with E-state index in [9.17, 15) is 9.59 Å². The number of carbonyl (C=O) groups excluding carboxylic acids is 1. The molecule has 1 amide bonds. The number of fused-ring (bicyclic) bond motifs is 1. The number of carbonyl (C=O) groups is 2. The van der Waals surface area contributed by atoms with Crippen molar-refractivity contribution in [3.8, 4) is 0 Å². The van der Waals surface area contributed by atoms with Crippen LogP contribution in [0.5, 0.6) is 0 Å². The molecule has 0 radical (unpaired) electrons. The Balaban J connectivity index is 2.19. The second-order valence-corrected chi connectivity index (χ2v) is 3.95. The Hall–Kier alpha value is -2.02. The number of nitrogens with zero attached hydrogens (tertiary/aromatic N) is 1. The number of oxazole rings is 1. The summed E-state index contributed by atoms with van der Waals surface area (Å²) in [6.07, 6.45) is 1.28. The molecule has 2 N–H and O–H groups in total. The second kappa shape index (κ2) is 5.09. The number of aromatic nitrogens is 1. The highest BCUT2D eigenvalue weighted by molar-refractivity contribution is 7.80. The summed E-state index contributed by atoms with van der Waals surface area (Å²) in [5, 5.41) is 11.2. The fourth-order valence-electron chi connectivity index (χ4n) is 1.43. The van der Waals surface area contributed by atoms with E-state index in [1.165, 1.54) is 12.5 Å². The molecular formula is C11H10N2O4S. The lowest BCUT2D eigenvalue weighted by Crippen LogP contribution is -2.42. The first kappa shape index (κ1) is 12.4. The number of rotatable bonds is 4. The monoisotopic (exact) mass is 266 g/mol. The van der Waals surface area contributed by atoms with Crippen molar-refractivity contribution in [3.63, 3.8) is 0 Å². The summed E-state index contributed by atoms with van der Waals surface area (Å²) in [5.41, 5.74) is 1.43. The molecule has 7 heteroatoms. The van der Waals surface area contributed by atoms with Gasteiger partial charge in [-0.3, -0.25) is 4.79 Å². The largest absolute Gasteiger partial charge is 0.480 e. The van der Waals surface area contributed by atoms with Gasteiger partial charge in [0.1, 0.15) is 11.6 Å². The first-order valence-electron chi connectivity index (χ1n) is 5.09. The average molecular weight is 266 g/mol. The van der Waals surface area contributed by atoms with Crippen molar-refractivity contribution < 1.29 is 19.1 Å². The summed E-state index contributed by atoms with van der Waals surface area (Å²) >= 11 is 3.87. The van der Waals surface area contributed by atoms with Crippen LogP contribution in [0.3, 0.4) is 0 Å². The second-order valence-electron chi connectivity index (χ2n) is 3.58. The highest BCUT2D eigenvalue weighted by atomic mass is 32.1. The van der Waals surface area contributed by atoms with Crippen molar-refractivity contribution in [2.75, 3.05) is 5.75 Å². The zero-order valence-corrected chi connectivity index (χ0v) is 10.1. The Kier molecular flexibility index (Phi) is 3.52. The van der Waals surface area contributed by atoms with Crippen LogP contribution in [-0.2, 0) is 4.79 Å². The maximum atomic E-state index is 11.8. The van der Waals surface area contributed by atoms with Gasteiger partial charge in [-0.05, 0) is 18.2 Å². The topological polar surface area (TPSA) is 92.4 Å². The molecule has 18 heavy (non-hydrogen) atoms. The van der Waals surface area contributed by atoms with Crippen LogP contribution < -0.4 is 5.32 Å². The number of hydrogen-bond donors (Lipinski definition) is 3. The number of carboxylic acids is 1. The van der Waals surface area contributed by atoms with E-state index in [-0.39, 0.29) is 5.75 Å². The van der Waals surface area contributed by atoms with Crippen LogP contribution in [0.15, 0.2) is 29.0 Å². The maximum absolute atomic E-state index is 11.8. The van der Waals surface area contributed by atoms with Gasteiger partial charge in [0.25, 0.3) is 5.91 Å². The van der Waals surface area contributed by atoms with E-state index in [1.807, 2.05) is 0 Å². The Bertz CT molecular complexity index is 595. The lowest BCUT2D eigenvalue weighted by Gasteiger charge is -2.11. The predicted octanol–water partition coefficient (Wildman–Crippen LogP) is 0.941. The molecule has 2 aromatic rings. The lowest BCUT2D eigenvalue weighted by molar-refractivity contribution is -0.138. The van der Waals surface area contributed by atoms with Crippen LogP contribution in [0, 0.1) is 0 Å². The molecule has 0 aliphatic heterocycles. The van der Waals surface area contributed by atoms with Crippen LogP contribution >= 0.6 is 12.6 Å². The molecule has 0 saturated carbocycles. The zero-order chi connectivity index (χ0) is 13.1. The van der Waals surface area contributed by atoms with Crippen LogP contribution in [0.25, 0.3) is 11.1 Å². The molecule has 2 rings (SSSR count). The summed E-state index contributed by atoms with van der Waals surface area (Å²) in [7, 11) is 0. The quantitative estimate of drug-likeness (QED) is 0.716. The fraction of sp³-hybridized carbons (Fsp3) is 0.182. The molecule has 0 saturated heterocycles. The number of aliphatic carboxylic acids is 1. The van der Waals surface area contributed by atoms with Gasteiger partial charge in [-0.1, -0.05) is 0 Å². The Morgan fingerprint density at radius 1 is 1.50 bits per heavy atom. The van der Waals surface area contributed by atoms with Gasteiger partial charge in [-0.2, -0.15) is 12.6 Å². The van der Waals surface area contributed by atoms with E-state index in [1.54, 1.807) is 12.1 Å². The number of nitrogens with one attached hydrogen (secondary N) is 1. The SMILES string of the molecule is O=C(NC(CS)C(=O)O)c1ccc2ocnc2c1.